The molecule has 0 spiro atoms. The summed E-state index contributed by atoms with van der Waals surface area (Å²) in [4.78, 5) is 57.1. The number of allylic oxidation sites excluding steroid dienone is 3. The Morgan fingerprint density at radius 3 is 2.45 bits per heavy atom. The van der Waals surface area contributed by atoms with Gasteiger partial charge in [-0.25, -0.2) is 9.78 Å². The normalized spacial score (nSPS) is 12.3. The summed E-state index contributed by atoms with van der Waals surface area (Å²) in [7, 11) is 1.50. The van der Waals surface area contributed by atoms with Crippen LogP contribution in [0.1, 0.15) is 58.1 Å². The Labute approximate surface area is 300 Å². The number of ether oxygens (including phenoxy) is 3. The molecule has 11 nitrogen and oxygen atoms in total. The molecule has 0 fully saturated rings. The Morgan fingerprint density at radius 2 is 1.75 bits per heavy atom. The summed E-state index contributed by atoms with van der Waals surface area (Å²) in [6, 6.07) is 17.0. The molecule has 11 heteroatoms. The fraction of sp³-hybridized carbons (Fsp3) is 0.375. The Balaban J connectivity index is 1.63. The van der Waals surface area contributed by atoms with E-state index in [9.17, 15) is 19.2 Å². The first-order valence-corrected chi connectivity index (χ1v) is 17.0. The second-order valence-electron chi connectivity index (χ2n) is 12.9. The van der Waals surface area contributed by atoms with Gasteiger partial charge in [0.15, 0.2) is 0 Å². The number of rotatable bonds is 17. The zero-order valence-electron chi connectivity index (χ0n) is 30.5. The highest BCUT2D eigenvalue weighted by molar-refractivity contribution is 5.96. The van der Waals surface area contributed by atoms with E-state index in [4.69, 9.17) is 14.2 Å². The zero-order chi connectivity index (χ0) is 37.4. The topological polar surface area (TPSA) is 136 Å². The molecule has 2 N–H and O–H groups in total. The number of pyridine rings is 1. The van der Waals surface area contributed by atoms with Crippen molar-refractivity contribution in [2.75, 3.05) is 38.3 Å². The van der Waals surface area contributed by atoms with Crippen molar-refractivity contribution in [2.45, 2.75) is 65.5 Å². The number of esters is 1. The molecule has 0 saturated carbocycles. The van der Waals surface area contributed by atoms with Gasteiger partial charge in [-0.3, -0.25) is 19.3 Å². The molecule has 0 saturated heterocycles. The summed E-state index contributed by atoms with van der Waals surface area (Å²) in [6.07, 6.45) is 6.86. The summed E-state index contributed by atoms with van der Waals surface area (Å²) in [5, 5.41) is 7.63. The summed E-state index contributed by atoms with van der Waals surface area (Å²) >= 11 is 0. The standard InChI is InChI=1S/C40H50N4O7/c1-8-30(32-16-11-14-31-13-9-10-15-33(31)32)19-18-29(3)34(26-38(47)50-24-23-49-7)43-37(46)27-42-36(45)17-12-22-44(39(48)51-40(4,5)6)35-25-28(2)20-21-41-35/h8-11,13-16,18-21,25,34H,3,12,17,22-24,26-27H2,1-2,4-7H3,(H,42,45)(H,43,46)/b19-18-,30-8+/t34-/m0/s1. The molecule has 272 valence electrons. The lowest BCUT2D eigenvalue weighted by Gasteiger charge is -2.27. The predicted molar refractivity (Wildman–Crippen MR) is 200 cm³/mol. The summed E-state index contributed by atoms with van der Waals surface area (Å²) in [5.74, 6) is -1.00. The smallest absolute Gasteiger partial charge is 0.416 e. The fourth-order valence-electron chi connectivity index (χ4n) is 5.07. The minimum atomic E-state index is -0.796. The number of anilines is 1. The largest absolute Gasteiger partial charge is 0.463 e. The van der Waals surface area contributed by atoms with Crippen LogP contribution in [-0.2, 0) is 28.6 Å². The Bertz CT molecular complexity index is 1740. The molecule has 1 heterocycles. The highest BCUT2D eigenvalue weighted by Gasteiger charge is 2.25. The van der Waals surface area contributed by atoms with Crippen LogP contribution in [0.15, 0.2) is 91.2 Å². The van der Waals surface area contributed by atoms with Gasteiger partial charge in [-0.2, -0.15) is 0 Å². The predicted octanol–water partition coefficient (Wildman–Crippen LogP) is 6.46. The third-order valence-corrected chi connectivity index (χ3v) is 7.62. The maximum absolute atomic E-state index is 13.0. The van der Waals surface area contributed by atoms with E-state index in [1.54, 1.807) is 39.1 Å². The second-order valence-corrected chi connectivity index (χ2v) is 12.9. The first-order chi connectivity index (χ1) is 24.3. The number of carbonyl (C=O) groups is 4. The van der Waals surface area contributed by atoms with E-state index >= 15 is 0 Å². The van der Waals surface area contributed by atoms with Crippen molar-refractivity contribution in [2.24, 2.45) is 0 Å². The molecule has 51 heavy (non-hydrogen) atoms. The molecule has 3 amide bonds. The number of hydrogen-bond donors (Lipinski definition) is 2. The van der Waals surface area contributed by atoms with Gasteiger partial charge in [-0.15, -0.1) is 0 Å². The van der Waals surface area contributed by atoms with Gasteiger partial charge in [0.1, 0.15) is 18.0 Å². The number of carbonyl (C=O) groups excluding carboxylic acids is 4. The van der Waals surface area contributed by atoms with Crippen molar-refractivity contribution in [3.05, 3.63) is 102 Å². The molecule has 3 rings (SSSR count). The highest BCUT2D eigenvalue weighted by atomic mass is 16.6. The Kier molecular flexibility index (Phi) is 15.6. The number of methoxy groups -OCH3 is 1. The van der Waals surface area contributed by atoms with Crippen LogP contribution >= 0.6 is 0 Å². The molecule has 1 aromatic heterocycles. The van der Waals surface area contributed by atoms with Crippen LogP contribution in [0.5, 0.6) is 0 Å². The number of hydrogen-bond acceptors (Lipinski definition) is 8. The van der Waals surface area contributed by atoms with Crippen LogP contribution in [-0.4, -0.2) is 73.9 Å². The molecule has 0 aliphatic carbocycles. The van der Waals surface area contributed by atoms with Crippen LogP contribution in [0, 0.1) is 6.92 Å². The SMILES string of the molecule is C=C(/C=C\C(=C/C)c1cccc2ccccc12)[C@H](CC(=O)OCCOC)NC(=O)CNC(=O)CCCN(C(=O)OC(C)(C)C)c1cc(C)ccn1. The molecule has 3 aromatic rings. The number of fused-ring (bicyclic) bond motifs is 1. The van der Waals surface area contributed by atoms with E-state index in [2.05, 4.69) is 40.4 Å². The van der Waals surface area contributed by atoms with E-state index in [1.807, 2.05) is 56.3 Å². The van der Waals surface area contributed by atoms with Gasteiger partial charge in [0.05, 0.1) is 25.6 Å². The number of nitrogens with one attached hydrogen (secondary N) is 2. The minimum absolute atomic E-state index is 0.0450. The lowest BCUT2D eigenvalue weighted by molar-refractivity contribution is -0.145. The highest BCUT2D eigenvalue weighted by Crippen LogP contribution is 2.26. The number of nitrogens with zero attached hydrogens (tertiary/aromatic N) is 2. The monoisotopic (exact) mass is 698 g/mol. The maximum Gasteiger partial charge on any atom is 0.416 e. The van der Waals surface area contributed by atoms with Gasteiger partial charge in [-0.05, 0) is 86.2 Å². The number of aryl methyl sites for hydroxylation is 1. The van der Waals surface area contributed by atoms with Crippen LogP contribution < -0.4 is 15.5 Å². The Hall–Kier alpha value is -5.29. The van der Waals surface area contributed by atoms with E-state index < -0.39 is 29.6 Å². The maximum atomic E-state index is 13.0. The number of aromatic nitrogens is 1. The molecule has 1 atom stereocenters. The van der Waals surface area contributed by atoms with Crippen molar-refractivity contribution in [3.8, 4) is 0 Å². The van der Waals surface area contributed by atoms with Gasteiger partial charge in [-0.1, -0.05) is 67.3 Å². The average molecular weight is 699 g/mol. The van der Waals surface area contributed by atoms with Crippen molar-refractivity contribution in [1.29, 1.82) is 0 Å². The molecular weight excluding hydrogens is 648 g/mol. The van der Waals surface area contributed by atoms with Crippen molar-refractivity contribution >= 4 is 46.0 Å². The van der Waals surface area contributed by atoms with E-state index in [0.717, 1.165) is 27.5 Å². The zero-order valence-corrected chi connectivity index (χ0v) is 30.5. The van der Waals surface area contributed by atoms with Crippen LogP contribution in [0.4, 0.5) is 10.6 Å². The summed E-state index contributed by atoms with van der Waals surface area (Å²) in [6.45, 7) is 13.5. The molecule has 0 aliphatic heterocycles. The second kappa shape index (κ2) is 19.8. The third-order valence-electron chi connectivity index (χ3n) is 7.62. The Morgan fingerprint density at radius 1 is 1.00 bits per heavy atom. The molecule has 0 aliphatic rings. The van der Waals surface area contributed by atoms with Crippen molar-refractivity contribution in [3.63, 3.8) is 0 Å². The van der Waals surface area contributed by atoms with E-state index in [-0.39, 0.29) is 45.1 Å². The fourth-order valence-corrected chi connectivity index (χ4v) is 5.07. The number of benzene rings is 2. The quantitative estimate of drug-likeness (QED) is 0.0932. The van der Waals surface area contributed by atoms with Crippen LogP contribution in [0.25, 0.3) is 16.3 Å². The first kappa shape index (κ1) is 40.1. The van der Waals surface area contributed by atoms with Crippen molar-refractivity contribution in [1.82, 2.24) is 15.6 Å². The van der Waals surface area contributed by atoms with Crippen LogP contribution in [0.3, 0.4) is 0 Å². The minimum Gasteiger partial charge on any atom is -0.463 e. The average Bonchev–Trinajstić information content (AvgIpc) is 3.08. The van der Waals surface area contributed by atoms with Crippen molar-refractivity contribution < 1.29 is 33.4 Å². The van der Waals surface area contributed by atoms with E-state index in [0.29, 0.717) is 17.8 Å². The van der Waals surface area contributed by atoms with Gasteiger partial charge >= 0.3 is 12.1 Å². The molecule has 0 unspecified atom stereocenters. The van der Waals surface area contributed by atoms with Gasteiger partial charge in [0.2, 0.25) is 11.8 Å². The molecule has 2 aromatic carbocycles. The van der Waals surface area contributed by atoms with Gasteiger partial charge in [0, 0.05) is 26.3 Å². The summed E-state index contributed by atoms with van der Waals surface area (Å²) in [5.41, 5.74) is 2.66. The number of amides is 3. The van der Waals surface area contributed by atoms with Gasteiger partial charge < -0.3 is 24.8 Å². The molecular formula is C40H50N4O7. The van der Waals surface area contributed by atoms with Gasteiger partial charge in [0.25, 0.3) is 0 Å². The van der Waals surface area contributed by atoms with E-state index in [1.165, 1.54) is 12.0 Å². The molecule has 0 radical (unpaired) electrons. The summed E-state index contributed by atoms with van der Waals surface area (Å²) < 4.78 is 15.8. The molecule has 0 bridgehead atoms. The third kappa shape index (κ3) is 13.5. The van der Waals surface area contributed by atoms with Crippen LogP contribution in [0.2, 0.25) is 0 Å². The lowest BCUT2D eigenvalue weighted by atomic mass is 9.96. The lowest BCUT2D eigenvalue weighted by Crippen LogP contribution is -2.43. The first-order valence-electron chi connectivity index (χ1n) is 17.0.